The van der Waals surface area contributed by atoms with E-state index in [-0.39, 0.29) is 27.0 Å². The van der Waals surface area contributed by atoms with Gasteiger partial charge in [-0.05, 0) is 45.0 Å². The summed E-state index contributed by atoms with van der Waals surface area (Å²) < 4.78 is 109. The molecule has 0 atom stereocenters. The molecule has 0 aliphatic carbocycles. The van der Waals surface area contributed by atoms with E-state index in [9.17, 15) is 49.5 Å². The summed E-state index contributed by atoms with van der Waals surface area (Å²) in [7, 11) is -3.66. The lowest BCUT2D eigenvalue weighted by molar-refractivity contribution is -0.376. The molecular formula is C24H22F6N2O6S. The zero-order valence-electron chi connectivity index (χ0n) is 20.7. The number of carbonyl (C=O) groups excluding carboxylic acids is 2. The van der Waals surface area contributed by atoms with Crippen LogP contribution in [-0.4, -0.2) is 54.3 Å². The van der Waals surface area contributed by atoms with Gasteiger partial charge < -0.3 is 15.2 Å². The third-order valence-electron chi connectivity index (χ3n) is 5.40. The third-order valence-corrected chi connectivity index (χ3v) is 6.51. The maximum Gasteiger partial charge on any atom is 0.430 e. The van der Waals surface area contributed by atoms with Crippen molar-refractivity contribution >= 4 is 38.3 Å². The summed E-state index contributed by atoms with van der Waals surface area (Å²) in [6, 6.07) is 5.78. The molecule has 0 saturated carbocycles. The number of carbonyl (C=O) groups is 2. The van der Waals surface area contributed by atoms with Crippen LogP contribution < -0.4 is 5.32 Å². The Kier molecular flexibility index (Phi) is 7.34. The van der Waals surface area contributed by atoms with Crippen molar-refractivity contribution < 1.29 is 54.2 Å². The monoisotopic (exact) mass is 580 g/mol. The van der Waals surface area contributed by atoms with Crippen LogP contribution in [0, 0.1) is 0 Å². The smallest absolute Gasteiger partial charge is 0.430 e. The number of benzene rings is 2. The predicted octanol–water partition coefficient (Wildman–Crippen LogP) is 5.39. The van der Waals surface area contributed by atoms with Crippen LogP contribution >= 0.6 is 0 Å². The van der Waals surface area contributed by atoms with Crippen LogP contribution in [0.3, 0.4) is 0 Å². The lowest BCUT2D eigenvalue weighted by atomic mass is 9.92. The number of rotatable bonds is 4. The molecular weight excluding hydrogens is 558 g/mol. The number of halogens is 6. The van der Waals surface area contributed by atoms with Crippen molar-refractivity contribution in [2.45, 2.75) is 49.2 Å². The van der Waals surface area contributed by atoms with Gasteiger partial charge in [0.25, 0.3) is 11.5 Å². The summed E-state index contributed by atoms with van der Waals surface area (Å²) in [6.45, 7) is 4.67. The summed E-state index contributed by atoms with van der Waals surface area (Å²) in [5, 5.41) is 12.1. The number of nitrogens with one attached hydrogen (secondary N) is 1. The number of anilines is 1. The van der Waals surface area contributed by atoms with Crippen molar-refractivity contribution in [3.05, 3.63) is 59.9 Å². The minimum absolute atomic E-state index is 0.103. The number of ether oxygens (including phenoxy) is 1. The van der Waals surface area contributed by atoms with Crippen molar-refractivity contribution in [1.82, 2.24) is 4.57 Å². The lowest BCUT2D eigenvalue weighted by Gasteiger charge is -2.32. The highest BCUT2D eigenvalue weighted by Crippen LogP contribution is 2.50. The topological polar surface area (TPSA) is 115 Å². The summed E-state index contributed by atoms with van der Waals surface area (Å²) in [5.41, 5.74) is -8.29. The van der Waals surface area contributed by atoms with E-state index in [4.69, 9.17) is 4.74 Å². The molecule has 0 fully saturated rings. The average Bonchev–Trinajstić information content (AvgIpc) is 3.15. The van der Waals surface area contributed by atoms with Crippen molar-refractivity contribution in [3.63, 3.8) is 0 Å². The second-order valence-corrected chi connectivity index (χ2v) is 11.6. The Balaban J connectivity index is 2.06. The Morgan fingerprint density at radius 3 is 1.92 bits per heavy atom. The van der Waals surface area contributed by atoms with E-state index in [2.05, 4.69) is 5.32 Å². The number of hydrogen-bond acceptors (Lipinski definition) is 6. The van der Waals surface area contributed by atoms with Gasteiger partial charge in [0.2, 0.25) is 0 Å². The molecule has 212 valence electrons. The number of aromatic nitrogens is 1. The number of hydrogen-bond donors (Lipinski definition) is 2. The number of aliphatic hydroxyl groups is 1. The van der Waals surface area contributed by atoms with E-state index in [1.54, 1.807) is 20.8 Å². The third kappa shape index (κ3) is 5.88. The molecule has 0 saturated heterocycles. The van der Waals surface area contributed by atoms with Crippen LogP contribution in [0.4, 0.5) is 36.8 Å². The van der Waals surface area contributed by atoms with Gasteiger partial charge in [-0.1, -0.05) is 18.2 Å². The van der Waals surface area contributed by atoms with Crippen LogP contribution in [0.2, 0.25) is 0 Å². The van der Waals surface area contributed by atoms with Gasteiger partial charge in [0.05, 0.1) is 4.90 Å². The SMILES string of the molecule is CC(C)(C)OC(=O)n1cc2cc(S(C)(=O)=O)ccc2c1C(=O)Nc1ccc(C(O)(C(F)(F)F)C(F)(F)F)cc1. The van der Waals surface area contributed by atoms with Crippen LogP contribution in [0.15, 0.2) is 53.6 Å². The van der Waals surface area contributed by atoms with E-state index in [1.165, 1.54) is 18.2 Å². The van der Waals surface area contributed by atoms with Gasteiger partial charge in [-0.3, -0.25) is 4.79 Å². The minimum atomic E-state index is -6.09. The van der Waals surface area contributed by atoms with E-state index in [0.29, 0.717) is 24.3 Å². The Morgan fingerprint density at radius 1 is 0.923 bits per heavy atom. The largest absolute Gasteiger partial charge is 0.443 e. The van der Waals surface area contributed by atoms with Crippen LogP contribution in [0.1, 0.15) is 36.8 Å². The Hall–Kier alpha value is -3.59. The summed E-state index contributed by atoms with van der Waals surface area (Å²) in [4.78, 5) is 25.9. The first-order valence-electron chi connectivity index (χ1n) is 10.9. The van der Waals surface area contributed by atoms with Gasteiger partial charge in [0, 0.05) is 34.5 Å². The summed E-state index contributed by atoms with van der Waals surface area (Å²) >= 11 is 0. The number of alkyl halides is 6. The van der Waals surface area contributed by atoms with Gasteiger partial charge >= 0.3 is 18.4 Å². The van der Waals surface area contributed by atoms with Gasteiger partial charge in [-0.25, -0.2) is 17.8 Å². The maximum atomic E-state index is 13.2. The molecule has 3 aromatic rings. The van der Waals surface area contributed by atoms with Gasteiger partial charge in [-0.15, -0.1) is 0 Å². The molecule has 1 amide bonds. The van der Waals surface area contributed by atoms with Gasteiger partial charge in [0.1, 0.15) is 11.3 Å². The molecule has 39 heavy (non-hydrogen) atoms. The molecule has 0 bridgehead atoms. The average molecular weight is 581 g/mol. The van der Waals surface area contributed by atoms with Gasteiger partial charge in [-0.2, -0.15) is 26.3 Å². The first-order valence-corrected chi connectivity index (χ1v) is 12.8. The molecule has 8 nitrogen and oxygen atoms in total. The molecule has 1 aromatic heterocycles. The van der Waals surface area contributed by atoms with E-state index in [1.807, 2.05) is 0 Å². The van der Waals surface area contributed by atoms with E-state index < -0.39 is 51.0 Å². The lowest BCUT2D eigenvalue weighted by Crippen LogP contribution is -2.53. The van der Waals surface area contributed by atoms with Crippen molar-refractivity contribution in [2.24, 2.45) is 0 Å². The fourth-order valence-corrected chi connectivity index (χ4v) is 4.24. The van der Waals surface area contributed by atoms with Crippen LogP contribution in [-0.2, 0) is 20.2 Å². The molecule has 2 aromatic carbocycles. The number of nitrogens with zero attached hydrogens (tertiary/aromatic N) is 1. The zero-order chi connectivity index (χ0) is 29.8. The molecule has 1 heterocycles. The molecule has 0 aliphatic heterocycles. The molecule has 0 unspecified atom stereocenters. The van der Waals surface area contributed by atoms with Crippen LogP contribution in [0.25, 0.3) is 10.8 Å². The number of fused-ring (bicyclic) bond motifs is 1. The predicted molar refractivity (Wildman–Crippen MR) is 127 cm³/mol. The zero-order valence-corrected chi connectivity index (χ0v) is 21.5. The first kappa shape index (κ1) is 30.0. The van der Waals surface area contributed by atoms with Crippen molar-refractivity contribution in [3.8, 4) is 0 Å². The normalized spacial score (nSPS) is 13.4. The van der Waals surface area contributed by atoms with Crippen molar-refractivity contribution in [2.75, 3.05) is 11.6 Å². The fraction of sp³-hybridized carbons (Fsp3) is 0.333. The second-order valence-electron chi connectivity index (χ2n) is 9.59. The highest BCUT2D eigenvalue weighted by Gasteiger charge is 2.71. The summed E-state index contributed by atoms with van der Waals surface area (Å²) in [6.07, 6.45) is -11.1. The standard InChI is InChI=1S/C24H22F6N2O6S/c1-21(2,3)38-20(34)32-12-13-11-16(39(4,36)37)9-10-17(13)18(32)19(33)31-15-7-5-14(6-8-15)22(35,23(25,26)27)24(28,29)30/h5-12,35H,1-4H3,(H,31,33). The van der Waals surface area contributed by atoms with E-state index >= 15 is 0 Å². The molecule has 2 N–H and O–H groups in total. The molecule has 3 rings (SSSR count). The second kappa shape index (κ2) is 9.55. The Bertz CT molecular complexity index is 1520. The van der Waals surface area contributed by atoms with Gasteiger partial charge in [0.15, 0.2) is 9.84 Å². The van der Waals surface area contributed by atoms with E-state index in [0.717, 1.165) is 17.0 Å². The maximum absolute atomic E-state index is 13.2. The van der Waals surface area contributed by atoms with Crippen LogP contribution in [0.5, 0.6) is 0 Å². The quantitative estimate of drug-likeness (QED) is 0.400. The molecule has 0 radical (unpaired) electrons. The molecule has 0 aliphatic rings. The fourth-order valence-electron chi connectivity index (χ4n) is 3.59. The highest BCUT2D eigenvalue weighted by molar-refractivity contribution is 7.90. The first-order chi connectivity index (χ1) is 17.6. The molecule has 0 spiro atoms. The Morgan fingerprint density at radius 2 is 1.46 bits per heavy atom. The minimum Gasteiger partial charge on any atom is -0.443 e. The summed E-state index contributed by atoms with van der Waals surface area (Å²) in [5.74, 6) is -1.02. The van der Waals surface area contributed by atoms with Crippen molar-refractivity contribution in [1.29, 1.82) is 0 Å². The highest BCUT2D eigenvalue weighted by atomic mass is 32.2. The Labute approximate surface area is 218 Å². The molecule has 15 heteroatoms. The number of sulfone groups is 1. The number of amides is 1.